The van der Waals surface area contributed by atoms with E-state index in [2.05, 4.69) is 21.1 Å². The summed E-state index contributed by atoms with van der Waals surface area (Å²) in [5.74, 6) is 1.53. The Labute approximate surface area is 114 Å². The second-order valence-corrected chi connectivity index (χ2v) is 4.84. The molecule has 0 aliphatic carbocycles. The smallest absolute Gasteiger partial charge is 0.174 e. The predicted octanol–water partition coefficient (Wildman–Crippen LogP) is 2.83. The van der Waals surface area contributed by atoms with E-state index in [-0.39, 0.29) is 0 Å². The van der Waals surface area contributed by atoms with Gasteiger partial charge in [0, 0.05) is 6.07 Å². The summed E-state index contributed by atoms with van der Waals surface area (Å²) in [6.45, 7) is 2.83. The number of ether oxygens (including phenoxy) is 1. The summed E-state index contributed by atoms with van der Waals surface area (Å²) in [7, 11) is 0. The Kier molecular flexibility index (Phi) is 4.38. The maximum Gasteiger partial charge on any atom is 0.174 e. The number of nitrogens with zero attached hydrogens (tertiary/aromatic N) is 1. The van der Waals surface area contributed by atoms with E-state index < -0.39 is 0 Å². The molecule has 96 valence electrons. The molecule has 0 atom stereocenters. The maximum absolute atomic E-state index is 5.78. The zero-order valence-corrected chi connectivity index (χ0v) is 11.7. The number of hydrogen-bond acceptors (Lipinski definition) is 4. The lowest BCUT2D eigenvalue weighted by atomic mass is 10.1. The van der Waals surface area contributed by atoms with Gasteiger partial charge in [-0.25, -0.2) is 0 Å². The minimum absolute atomic E-state index is 0.362. The van der Waals surface area contributed by atoms with Crippen molar-refractivity contribution in [1.29, 1.82) is 0 Å². The average molecular weight is 311 g/mol. The molecule has 5 heteroatoms. The zero-order valence-electron chi connectivity index (χ0n) is 10.1. The highest BCUT2D eigenvalue weighted by molar-refractivity contribution is 9.10. The normalized spacial score (nSPS) is 10.6. The number of aryl methyl sites for hydroxylation is 1. The lowest BCUT2D eigenvalue weighted by molar-refractivity contribution is 0.245. The van der Waals surface area contributed by atoms with Gasteiger partial charge in [0.1, 0.15) is 12.4 Å². The van der Waals surface area contributed by atoms with Crippen molar-refractivity contribution in [2.75, 3.05) is 6.54 Å². The Morgan fingerprint density at radius 2 is 2.28 bits per heavy atom. The molecule has 2 aromatic rings. The second-order valence-electron chi connectivity index (χ2n) is 3.99. The fourth-order valence-corrected chi connectivity index (χ4v) is 2.22. The van der Waals surface area contributed by atoms with E-state index >= 15 is 0 Å². The molecule has 0 fully saturated rings. The largest absolute Gasteiger partial charge is 0.484 e. The fourth-order valence-electron chi connectivity index (χ4n) is 1.70. The number of halogens is 1. The third-order valence-corrected chi connectivity index (χ3v) is 3.12. The van der Waals surface area contributed by atoms with Gasteiger partial charge in [-0.3, -0.25) is 0 Å². The van der Waals surface area contributed by atoms with E-state index in [0.29, 0.717) is 18.9 Å². The number of aromatic nitrogens is 1. The molecule has 0 amide bonds. The van der Waals surface area contributed by atoms with Crippen LogP contribution in [0.1, 0.15) is 17.0 Å². The van der Waals surface area contributed by atoms with Gasteiger partial charge in [0.15, 0.2) is 5.76 Å². The summed E-state index contributed by atoms with van der Waals surface area (Å²) in [5, 5.41) is 3.82. The lowest BCUT2D eigenvalue weighted by Gasteiger charge is -2.11. The monoisotopic (exact) mass is 310 g/mol. The van der Waals surface area contributed by atoms with Crippen LogP contribution in [0.3, 0.4) is 0 Å². The van der Waals surface area contributed by atoms with Gasteiger partial charge in [0.05, 0.1) is 10.2 Å². The first-order valence-electron chi connectivity index (χ1n) is 5.73. The van der Waals surface area contributed by atoms with E-state index in [0.717, 1.165) is 27.9 Å². The SMILES string of the molecule is Cc1cc(COc2c(Br)cccc2CCN)on1. The number of hydrogen-bond donors (Lipinski definition) is 1. The summed E-state index contributed by atoms with van der Waals surface area (Å²) in [4.78, 5) is 0. The maximum atomic E-state index is 5.78. The predicted molar refractivity (Wildman–Crippen MR) is 72.5 cm³/mol. The molecule has 1 heterocycles. The summed E-state index contributed by atoms with van der Waals surface area (Å²) in [5.41, 5.74) is 7.53. The number of nitrogens with two attached hydrogens (primary N) is 1. The number of para-hydroxylation sites is 1. The first-order chi connectivity index (χ1) is 8.70. The first-order valence-corrected chi connectivity index (χ1v) is 6.52. The van der Waals surface area contributed by atoms with Crippen molar-refractivity contribution in [2.24, 2.45) is 5.73 Å². The molecular formula is C13H15BrN2O2. The van der Waals surface area contributed by atoms with Crippen LogP contribution in [-0.2, 0) is 13.0 Å². The number of benzene rings is 1. The van der Waals surface area contributed by atoms with E-state index in [4.69, 9.17) is 15.0 Å². The minimum atomic E-state index is 0.362. The second kappa shape index (κ2) is 6.02. The van der Waals surface area contributed by atoms with Gasteiger partial charge in [0.25, 0.3) is 0 Å². The van der Waals surface area contributed by atoms with Crippen molar-refractivity contribution in [2.45, 2.75) is 20.0 Å². The summed E-state index contributed by atoms with van der Waals surface area (Å²) in [6.07, 6.45) is 0.782. The van der Waals surface area contributed by atoms with E-state index in [1.165, 1.54) is 0 Å². The van der Waals surface area contributed by atoms with Gasteiger partial charge in [0.2, 0.25) is 0 Å². The van der Waals surface area contributed by atoms with Crippen LogP contribution in [0.5, 0.6) is 5.75 Å². The molecule has 0 radical (unpaired) electrons. The Bertz CT molecular complexity index is 525. The minimum Gasteiger partial charge on any atom is -0.484 e. The third kappa shape index (κ3) is 3.11. The van der Waals surface area contributed by atoms with Crippen LogP contribution in [0.15, 0.2) is 33.3 Å². The Hall–Kier alpha value is -1.33. The van der Waals surface area contributed by atoms with E-state index in [1.807, 2.05) is 31.2 Å². The van der Waals surface area contributed by atoms with Gasteiger partial charge in [-0.05, 0) is 47.4 Å². The molecule has 18 heavy (non-hydrogen) atoms. The van der Waals surface area contributed by atoms with Crippen molar-refractivity contribution in [1.82, 2.24) is 5.16 Å². The van der Waals surface area contributed by atoms with Crippen molar-refractivity contribution in [3.05, 3.63) is 45.8 Å². The summed E-state index contributed by atoms with van der Waals surface area (Å²) >= 11 is 3.48. The van der Waals surface area contributed by atoms with E-state index in [1.54, 1.807) is 0 Å². The van der Waals surface area contributed by atoms with Gasteiger partial charge >= 0.3 is 0 Å². The molecule has 0 saturated heterocycles. The first kappa shape index (κ1) is 13.1. The molecular weight excluding hydrogens is 296 g/mol. The van der Waals surface area contributed by atoms with Crippen molar-refractivity contribution in [3.8, 4) is 5.75 Å². The average Bonchev–Trinajstić information content (AvgIpc) is 2.75. The zero-order chi connectivity index (χ0) is 13.0. The molecule has 0 bridgehead atoms. The van der Waals surface area contributed by atoms with E-state index in [9.17, 15) is 0 Å². The third-order valence-electron chi connectivity index (χ3n) is 2.50. The molecule has 2 N–H and O–H groups in total. The quantitative estimate of drug-likeness (QED) is 0.922. The molecule has 0 spiro atoms. The van der Waals surface area contributed by atoms with Gasteiger partial charge < -0.3 is 15.0 Å². The van der Waals surface area contributed by atoms with Crippen LogP contribution in [-0.4, -0.2) is 11.7 Å². The van der Waals surface area contributed by atoms with Gasteiger partial charge in [-0.15, -0.1) is 0 Å². The molecule has 0 aliphatic rings. The highest BCUT2D eigenvalue weighted by atomic mass is 79.9. The van der Waals surface area contributed by atoms with Gasteiger partial charge in [-0.1, -0.05) is 17.3 Å². The molecule has 1 aromatic heterocycles. The van der Waals surface area contributed by atoms with Crippen LogP contribution < -0.4 is 10.5 Å². The summed E-state index contributed by atoms with van der Waals surface area (Å²) in [6, 6.07) is 7.79. The molecule has 4 nitrogen and oxygen atoms in total. The standard InChI is InChI=1S/C13H15BrN2O2/c1-9-7-11(18-16-9)8-17-13-10(5-6-15)3-2-4-12(13)14/h2-4,7H,5-6,8,15H2,1H3. The molecule has 0 saturated carbocycles. The molecule has 1 aromatic carbocycles. The molecule has 2 rings (SSSR count). The summed E-state index contributed by atoms with van der Waals surface area (Å²) < 4.78 is 11.8. The van der Waals surface area contributed by atoms with Crippen LogP contribution in [0, 0.1) is 6.92 Å². The van der Waals surface area contributed by atoms with Crippen molar-refractivity contribution >= 4 is 15.9 Å². The van der Waals surface area contributed by atoms with Crippen LogP contribution >= 0.6 is 15.9 Å². The fraction of sp³-hybridized carbons (Fsp3) is 0.308. The lowest BCUT2D eigenvalue weighted by Crippen LogP contribution is -2.05. The molecule has 0 aliphatic heterocycles. The Balaban J connectivity index is 2.12. The topological polar surface area (TPSA) is 61.3 Å². The van der Waals surface area contributed by atoms with Crippen molar-refractivity contribution < 1.29 is 9.26 Å². The number of rotatable bonds is 5. The van der Waals surface area contributed by atoms with Crippen LogP contribution in [0.2, 0.25) is 0 Å². The highest BCUT2D eigenvalue weighted by Gasteiger charge is 2.09. The van der Waals surface area contributed by atoms with Crippen LogP contribution in [0.25, 0.3) is 0 Å². The highest BCUT2D eigenvalue weighted by Crippen LogP contribution is 2.30. The van der Waals surface area contributed by atoms with Crippen LogP contribution in [0.4, 0.5) is 0 Å². The Morgan fingerprint density at radius 1 is 1.44 bits per heavy atom. The van der Waals surface area contributed by atoms with Gasteiger partial charge in [-0.2, -0.15) is 0 Å². The van der Waals surface area contributed by atoms with Crippen molar-refractivity contribution in [3.63, 3.8) is 0 Å². The Morgan fingerprint density at radius 3 is 2.94 bits per heavy atom. The molecule has 0 unspecified atom stereocenters.